The summed E-state index contributed by atoms with van der Waals surface area (Å²) in [5.74, 6) is -0.657. The monoisotopic (exact) mass is 260 g/mol. The molecule has 0 saturated heterocycles. The normalized spacial score (nSPS) is 9.94. The molecule has 3 heteroatoms. The molecule has 0 atom stereocenters. The standard InChI is InChI=1S/C14H28O2.H4Si/c1-2-3-4-5-6-7-8-9-10-11-12-13-14(15)16;/h2-13H2,1H3,(H,15,16);1H4. The van der Waals surface area contributed by atoms with Crippen LogP contribution in [0.5, 0.6) is 0 Å². The van der Waals surface area contributed by atoms with Gasteiger partial charge in [0.05, 0.1) is 0 Å². The molecule has 0 fully saturated rings. The zero-order valence-corrected chi connectivity index (χ0v) is 10.8. The van der Waals surface area contributed by atoms with Crippen molar-refractivity contribution in [2.24, 2.45) is 0 Å². The van der Waals surface area contributed by atoms with E-state index in [1.165, 1.54) is 57.8 Å². The van der Waals surface area contributed by atoms with Gasteiger partial charge in [-0.1, -0.05) is 71.1 Å². The molecule has 2 nitrogen and oxygen atoms in total. The second-order valence-electron chi connectivity index (χ2n) is 4.68. The molecule has 0 heterocycles. The molecule has 17 heavy (non-hydrogen) atoms. The number of carboxylic acids is 1. The van der Waals surface area contributed by atoms with E-state index in [1.54, 1.807) is 0 Å². The maximum absolute atomic E-state index is 10.3. The fourth-order valence-corrected chi connectivity index (χ4v) is 1.94. The lowest BCUT2D eigenvalue weighted by molar-refractivity contribution is -0.137. The van der Waals surface area contributed by atoms with Gasteiger partial charge in [-0.3, -0.25) is 4.79 Å². The van der Waals surface area contributed by atoms with Crippen molar-refractivity contribution in [1.82, 2.24) is 0 Å². The minimum absolute atomic E-state index is 0. The number of hydrogen-bond donors (Lipinski definition) is 1. The molecule has 0 saturated carbocycles. The molecule has 104 valence electrons. The highest BCUT2D eigenvalue weighted by Gasteiger charge is 1.96. The van der Waals surface area contributed by atoms with E-state index in [-0.39, 0.29) is 11.0 Å². The van der Waals surface area contributed by atoms with Crippen molar-refractivity contribution >= 4 is 16.9 Å². The first-order valence-electron chi connectivity index (χ1n) is 6.99. The van der Waals surface area contributed by atoms with Gasteiger partial charge in [-0.15, -0.1) is 0 Å². The molecule has 0 radical (unpaired) electrons. The van der Waals surface area contributed by atoms with Gasteiger partial charge in [0.1, 0.15) is 0 Å². The molecular formula is C14H32O2Si. The third-order valence-corrected chi connectivity index (χ3v) is 2.99. The first kappa shape index (κ1) is 19.0. The Hall–Kier alpha value is -0.313. The molecule has 0 rings (SSSR count). The Labute approximate surface area is 111 Å². The second kappa shape index (κ2) is 15.7. The number of hydrogen-bond acceptors (Lipinski definition) is 1. The average Bonchev–Trinajstić information content (AvgIpc) is 2.25. The molecule has 1 N–H and O–H groups in total. The van der Waals surface area contributed by atoms with Crippen molar-refractivity contribution in [1.29, 1.82) is 0 Å². The summed E-state index contributed by atoms with van der Waals surface area (Å²) >= 11 is 0. The van der Waals surface area contributed by atoms with Crippen molar-refractivity contribution < 1.29 is 9.90 Å². The highest BCUT2D eigenvalue weighted by molar-refractivity contribution is 5.75. The summed E-state index contributed by atoms with van der Waals surface area (Å²) in [7, 11) is 0. The smallest absolute Gasteiger partial charge is 0.303 e. The molecule has 0 aliphatic heterocycles. The van der Waals surface area contributed by atoms with Gasteiger partial charge in [-0.25, -0.2) is 0 Å². The van der Waals surface area contributed by atoms with Crippen LogP contribution in [0, 0.1) is 0 Å². The third-order valence-electron chi connectivity index (χ3n) is 2.99. The van der Waals surface area contributed by atoms with Crippen LogP contribution >= 0.6 is 0 Å². The SMILES string of the molecule is CCCCCCCCCCCCCC(=O)O.[SiH4]. The fourth-order valence-electron chi connectivity index (χ4n) is 1.94. The van der Waals surface area contributed by atoms with Gasteiger partial charge in [0.15, 0.2) is 0 Å². The fraction of sp³-hybridized carbons (Fsp3) is 0.929. The van der Waals surface area contributed by atoms with Gasteiger partial charge < -0.3 is 5.11 Å². The van der Waals surface area contributed by atoms with Crippen LogP contribution in [0.1, 0.15) is 84.0 Å². The van der Waals surface area contributed by atoms with Crippen molar-refractivity contribution in [2.45, 2.75) is 84.0 Å². The zero-order chi connectivity index (χ0) is 12.1. The number of unbranched alkanes of at least 4 members (excludes halogenated alkanes) is 10. The number of carbonyl (C=O) groups is 1. The molecule has 0 spiro atoms. The molecule has 0 amide bonds. The number of carboxylic acid groups (broad SMARTS) is 1. The van der Waals surface area contributed by atoms with Gasteiger partial charge in [0.2, 0.25) is 0 Å². The molecule has 0 aromatic heterocycles. The van der Waals surface area contributed by atoms with E-state index in [1.807, 2.05) is 0 Å². The minimum atomic E-state index is -0.657. The van der Waals surface area contributed by atoms with E-state index in [0.29, 0.717) is 6.42 Å². The van der Waals surface area contributed by atoms with E-state index < -0.39 is 5.97 Å². The summed E-state index contributed by atoms with van der Waals surface area (Å²) in [5.41, 5.74) is 0. The summed E-state index contributed by atoms with van der Waals surface area (Å²) in [6.45, 7) is 2.25. The Bertz CT molecular complexity index is 160. The summed E-state index contributed by atoms with van der Waals surface area (Å²) in [4.78, 5) is 10.3. The molecule has 0 bridgehead atoms. The predicted octanol–water partition coefficient (Wildman–Crippen LogP) is 3.32. The summed E-state index contributed by atoms with van der Waals surface area (Å²) < 4.78 is 0. The average molecular weight is 260 g/mol. The first-order chi connectivity index (χ1) is 7.77. The van der Waals surface area contributed by atoms with E-state index in [2.05, 4.69) is 6.92 Å². The summed E-state index contributed by atoms with van der Waals surface area (Å²) in [6.07, 6.45) is 14.4. The molecular weight excluding hydrogens is 228 g/mol. The Morgan fingerprint density at radius 2 is 1.12 bits per heavy atom. The van der Waals surface area contributed by atoms with Crippen LogP contribution in [-0.4, -0.2) is 22.0 Å². The maximum atomic E-state index is 10.3. The molecule has 0 aliphatic carbocycles. The Kier molecular flexibility index (Phi) is 17.6. The lowest BCUT2D eigenvalue weighted by atomic mass is 10.1. The van der Waals surface area contributed by atoms with Crippen LogP contribution < -0.4 is 0 Å². The Morgan fingerprint density at radius 1 is 0.765 bits per heavy atom. The Morgan fingerprint density at radius 3 is 1.47 bits per heavy atom. The molecule has 0 aromatic carbocycles. The van der Waals surface area contributed by atoms with Crippen LogP contribution in [0.4, 0.5) is 0 Å². The van der Waals surface area contributed by atoms with Gasteiger partial charge in [0, 0.05) is 6.42 Å². The van der Waals surface area contributed by atoms with E-state index >= 15 is 0 Å². The minimum Gasteiger partial charge on any atom is -0.481 e. The summed E-state index contributed by atoms with van der Waals surface area (Å²) in [6, 6.07) is 0. The van der Waals surface area contributed by atoms with Crippen LogP contribution in [0.2, 0.25) is 0 Å². The van der Waals surface area contributed by atoms with E-state index in [0.717, 1.165) is 12.8 Å². The number of rotatable bonds is 12. The highest BCUT2D eigenvalue weighted by atomic mass is 28.1. The van der Waals surface area contributed by atoms with Crippen LogP contribution in [0.15, 0.2) is 0 Å². The van der Waals surface area contributed by atoms with Crippen molar-refractivity contribution in [2.75, 3.05) is 0 Å². The van der Waals surface area contributed by atoms with Crippen molar-refractivity contribution in [3.63, 3.8) is 0 Å². The topological polar surface area (TPSA) is 37.3 Å². The first-order valence-corrected chi connectivity index (χ1v) is 6.99. The van der Waals surface area contributed by atoms with Crippen molar-refractivity contribution in [3.05, 3.63) is 0 Å². The van der Waals surface area contributed by atoms with Gasteiger partial charge >= 0.3 is 5.97 Å². The largest absolute Gasteiger partial charge is 0.481 e. The molecule has 0 aliphatic rings. The second-order valence-corrected chi connectivity index (χ2v) is 4.68. The van der Waals surface area contributed by atoms with Gasteiger partial charge in [0.25, 0.3) is 0 Å². The van der Waals surface area contributed by atoms with Gasteiger partial charge in [-0.05, 0) is 17.4 Å². The predicted molar refractivity (Wildman–Crippen MR) is 80.0 cm³/mol. The van der Waals surface area contributed by atoms with E-state index in [9.17, 15) is 4.79 Å². The third kappa shape index (κ3) is 18.3. The number of aliphatic carboxylic acids is 1. The van der Waals surface area contributed by atoms with E-state index in [4.69, 9.17) is 5.11 Å². The quantitative estimate of drug-likeness (QED) is 0.432. The Balaban J connectivity index is 0. The maximum Gasteiger partial charge on any atom is 0.303 e. The summed E-state index contributed by atoms with van der Waals surface area (Å²) in [5, 5.41) is 8.46. The zero-order valence-electron chi connectivity index (χ0n) is 10.8. The van der Waals surface area contributed by atoms with Gasteiger partial charge in [-0.2, -0.15) is 0 Å². The molecule has 0 aromatic rings. The van der Waals surface area contributed by atoms with Crippen LogP contribution in [-0.2, 0) is 4.79 Å². The van der Waals surface area contributed by atoms with Crippen molar-refractivity contribution in [3.8, 4) is 0 Å². The lowest BCUT2D eigenvalue weighted by Crippen LogP contribution is -1.93. The lowest BCUT2D eigenvalue weighted by Gasteiger charge is -2.01. The highest BCUT2D eigenvalue weighted by Crippen LogP contribution is 2.11. The van der Waals surface area contributed by atoms with Crippen LogP contribution in [0.25, 0.3) is 0 Å². The van der Waals surface area contributed by atoms with Crippen LogP contribution in [0.3, 0.4) is 0 Å². The molecule has 0 unspecified atom stereocenters.